The van der Waals surface area contributed by atoms with Crippen LogP contribution in [-0.4, -0.2) is 64.7 Å². The van der Waals surface area contributed by atoms with E-state index in [4.69, 9.17) is 9.84 Å². The fourth-order valence-corrected chi connectivity index (χ4v) is 2.83. The molecule has 0 aliphatic carbocycles. The number of ether oxygens (including phenoxy) is 1. The van der Waals surface area contributed by atoms with Crippen molar-refractivity contribution < 1.29 is 29.0 Å². The van der Waals surface area contributed by atoms with Gasteiger partial charge in [-0.25, -0.2) is 19.3 Å². The number of alkyl halides is 1. The monoisotopic (exact) mass is 329 g/mol. The summed E-state index contributed by atoms with van der Waals surface area (Å²) in [6.07, 6.45) is -5.14. The number of fused-ring (bicyclic) bond motifs is 1. The van der Waals surface area contributed by atoms with E-state index in [-0.39, 0.29) is 0 Å². The van der Waals surface area contributed by atoms with Crippen molar-refractivity contribution in [1.29, 1.82) is 0 Å². The highest BCUT2D eigenvalue weighted by molar-refractivity contribution is 5.93. The third-order valence-electron chi connectivity index (χ3n) is 4.05. The Morgan fingerprint density at radius 1 is 1.57 bits per heavy atom. The van der Waals surface area contributed by atoms with E-state index in [1.807, 2.05) is 0 Å². The molecule has 2 unspecified atom stereocenters. The third-order valence-corrected chi connectivity index (χ3v) is 4.05. The van der Waals surface area contributed by atoms with Gasteiger partial charge in [-0.05, 0) is 0 Å². The highest BCUT2D eigenvalue weighted by Gasteiger charge is 2.48. The summed E-state index contributed by atoms with van der Waals surface area (Å²) in [5, 5.41) is 34.2. The molecule has 9 nitrogen and oxygen atoms in total. The van der Waals surface area contributed by atoms with Crippen LogP contribution in [0.25, 0.3) is 0 Å². The second-order valence-corrected chi connectivity index (χ2v) is 5.87. The molecule has 0 aromatic carbocycles. The van der Waals surface area contributed by atoms with Crippen molar-refractivity contribution in [2.24, 2.45) is 12.0 Å². The fourth-order valence-electron chi connectivity index (χ4n) is 2.83. The summed E-state index contributed by atoms with van der Waals surface area (Å²) in [6, 6.07) is 0. The van der Waals surface area contributed by atoms with Gasteiger partial charge in [0.25, 0.3) is 11.8 Å². The molecule has 0 spiro atoms. The van der Waals surface area contributed by atoms with Gasteiger partial charge in [0.15, 0.2) is 18.2 Å². The minimum absolute atomic E-state index is 0.341. The number of aliphatic imine (C=N–C) groups is 1. The second kappa shape index (κ2) is 5.71. The summed E-state index contributed by atoms with van der Waals surface area (Å²) in [5.41, 5.74) is 0.341. The number of halogens is 1. The van der Waals surface area contributed by atoms with Crippen LogP contribution in [0.2, 0.25) is 0 Å². The van der Waals surface area contributed by atoms with Crippen LogP contribution >= 0.6 is 0 Å². The van der Waals surface area contributed by atoms with Gasteiger partial charge in [0.2, 0.25) is 6.23 Å². The van der Waals surface area contributed by atoms with Gasteiger partial charge in [-0.15, -0.1) is 0 Å². The average molecular weight is 329 g/mol. The molecule has 128 valence electrons. The van der Waals surface area contributed by atoms with Gasteiger partial charge in [0.1, 0.15) is 12.2 Å². The van der Waals surface area contributed by atoms with Crippen molar-refractivity contribution in [2.75, 3.05) is 26.0 Å². The maximum Gasteiger partial charge on any atom is 0.266 e. The number of imidazole rings is 1. The molecule has 3 N–H and O–H groups in total. The van der Waals surface area contributed by atoms with Gasteiger partial charge in [-0.3, -0.25) is 4.57 Å². The molecule has 1 aromatic heterocycles. The molecule has 1 saturated heterocycles. The van der Waals surface area contributed by atoms with Crippen molar-refractivity contribution in [2.45, 2.75) is 30.8 Å². The van der Waals surface area contributed by atoms with E-state index in [9.17, 15) is 14.6 Å². The zero-order chi connectivity index (χ0) is 16.9. The number of rotatable bonds is 2. The van der Waals surface area contributed by atoms with Crippen LogP contribution < -0.4 is 15.0 Å². The lowest BCUT2D eigenvalue weighted by atomic mass is 10.1. The number of aryl methyl sites for hydroxylation is 1. The molecule has 5 atom stereocenters. The molecule has 10 heteroatoms. The second-order valence-electron chi connectivity index (χ2n) is 5.87. The lowest BCUT2D eigenvalue weighted by Gasteiger charge is -2.26. The number of anilines is 1. The fraction of sp³-hybridized carbons (Fsp3) is 0.692. The number of nitrogens with zero attached hydrogens (tertiary/aromatic N) is 4. The normalized spacial score (nSPS) is 33.2. The molecule has 0 radical (unpaired) electrons. The molecular formula is C13H20FN5O4. The summed E-state index contributed by atoms with van der Waals surface area (Å²) >= 11 is 0. The summed E-state index contributed by atoms with van der Waals surface area (Å²) in [5.74, 6) is 0.717. The largest absolute Gasteiger partial charge is 0.829 e. The number of hydrogen-bond donors (Lipinski definition) is 3. The number of aromatic nitrogens is 2. The number of aliphatic hydroxyl groups is 2. The average Bonchev–Trinajstić information content (AvgIpc) is 2.98. The molecule has 3 rings (SSSR count). The molecule has 1 fully saturated rings. The van der Waals surface area contributed by atoms with E-state index in [2.05, 4.69) is 10.3 Å². The van der Waals surface area contributed by atoms with Crippen molar-refractivity contribution in [1.82, 2.24) is 9.47 Å². The molecule has 2 aliphatic rings. The summed E-state index contributed by atoms with van der Waals surface area (Å²) in [6.45, 7) is -0.490. The Morgan fingerprint density at radius 2 is 2.26 bits per heavy atom. The number of nitrogens with one attached hydrogen (secondary N) is 1. The van der Waals surface area contributed by atoms with Crippen LogP contribution in [-0.2, 0) is 11.8 Å². The van der Waals surface area contributed by atoms with Gasteiger partial charge in [-0.1, -0.05) is 0 Å². The van der Waals surface area contributed by atoms with E-state index in [1.54, 1.807) is 30.6 Å². The predicted molar refractivity (Wildman–Crippen MR) is 75.0 cm³/mol. The maximum absolute atomic E-state index is 14.4. The van der Waals surface area contributed by atoms with E-state index < -0.39 is 37.4 Å². The van der Waals surface area contributed by atoms with E-state index in [0.29, 0.717) is 17.5 Å². The van der Waals surface area contributed by atoms with E-state index in [0.717, 1.165) is 0 Å². The lowest BCUT2D eigenvalue weighted by Crippen LogP contribution is -2.48. The van der Waals surface area contributed by atoms with Crippen molar-refractivity contribution in [3.8, 4) is 0 Å². The SMILES string of the molecule is CN(C)C1=NC([O-])c2c([n+]([C@@H]3O[C@H](CO)C(O)[C@@H]3F)cn2C)N1. The Bertz CT molecular complexity index is 634. The molecular weight excluding hydrogens is 309 g/mol. The first kappa shape index (κ1) is 16.1. The third kappa shape index (κ3) is 2.47. The molecule has 2 aliphatic heterocycles. The molecule has 0 bridgehead atoms. The Kier molecular flexibility index (Phi) is 4.00. The van der Waals surface area contributed by atoms with Crippen molar-refractivity contribution in [3.05, 3.63) is 12.0 Å². The Hall–Kier alpha value is -1.75. The Morgan fingerprint density at radius 3 is 2.83 bits per heavy atom. The van der Waals surface area contributed by atoms with Gasteiger partial charge < -0.3 is 25.0 Å². The molecule has 0 amide bonds. The Labute approximate surface area is 132 Å². The first-order valence-electron chi connectivity index (χ1n) is 7.22. The van der Waals surface area contributed by atoms with Crippen LogP contribution in [0.15, 0.2) is 11.3 Å². The predicted octanol–water partition coefficient (Wildman–Crippen LogP) is -2.40. The molecule has 3 heterocycles. The summed E-state index contributed by atoms with van der Waals surface area (Å²) in [7, 11) is 5.11. The highest BCUT2D eigenvalue weighted by Crippen LogP contribution is 2.32. The summed E-state index contributed by atoms with van der Waals surface area (Å²) in [4.78, 5) is 5.64. The molecule has 23 heavy (non-hydrogen) atoms. The van der Waals surface area contributed by atoms with E-state index >= 15 is 0 Å². The Balaban J connectivity index is 2.00. The molecule has 0 saturated carbocycles. The van der Waals surface area contributed by atoms with E-state index in [1.165, 1.54) is 10.9 Å². The van der Waals surface area contributed by atoms with Gasteiger partial charge in [0, 0.05) is 20.3 Å². The lowest BCUT2D eigenvalue weighted by molar-refractivity contribution is -0.752. The van der Waals surface area contributed by atoms with Crippen LogP contribution in [0.4, 0.5) is 10.2 Å². The number of aliphatic hydroxyl groups excluding tert-OH is 2. The maximum atomic E-state index is 14.4. The molecule has 1 aromatic rings. The number of guanidine groups is 1. The van der Waals surface area contributed by atoms with Crippen LogP contribution in [0, 0.1) is 0 Å². The van der Waals surface area contributed by atoms with Crippen LogP contribution in [0.1, 0.15) is 18.1 Å². The summed E-state index contributed by atoms with van der Waals surface area (Å²) < 4.78 is 22.7. The smallest absolute Gasteiger partial charge is 0.266 e. The quantitative estimate of drug-likeness (QED) is 0.522. The van der Waals surface area contributed by atoms with Crippen LogP contribution in [0.5, 0.6) is 0 Å². The van der Waals surface area contributed by atoms with Crippen molar-refractivity contribution >= 4 is 11.8 Å². The first-order chi connectivity index (χ1) is 10.8. The minimum Gasteiger partial charge on any atom is -0.829 e. The minimum atomic E-state index is -1.72. The van der Waals surface area contributed by atoms with Crippen LogP contribution in [0.3, 0.4) is 0 Å². The van der Waals surface area contributed by atoms with Gasteiger partial charge in [-0.2, -0.15) is 0 Å². The van der Waals surface area contributed by atoms with Gasteiger partial charge in [0.05, 0.1) is 13.7 Å². The first-order valence-corrected chi connectivity index (χ1v) is 7.22. The zero-order valence-electron chi connectivity index (χ0n) is 13.0. The highest BCUT2D eigenvalue weighted by atomic mass is 19.1. The topological polar surface area (TPSA) is 109 Å². The standard InChI is InChI=1S/C13H20FN5O4/c1-17(2)13-15-10-8(11(22)16-13)18(3)5-19(10)12-7(14)9(21)6(4-20)23-12/h5-7,9,11-12,20-21H,4H2,1-3H3,(H,15,16)/t6-,7+,9?,11?,12-/m1/s1. The van der Waals surface area contributed by atoms with Gasteiger partial charge >= 0.3 is 0 Å². The zero-order valence-corrected chi connectivity index (χ0v) is 13.0. The number of hydrogen-bond acceptors (Lipinski definition) is 7. The van der Waals surface area contributed by atoms with Crippen molar-refractivity contribution in [3.63, 3.8) is 0 Å².